The van der Waals surface area contributed by atoms with E-state index in [9.17, 15) is 0 Å². The fourth-order valence-corrected chi connectivity index (χ4v) is 2.78. The molecule has 0 spiro atoms. The minimum absolute atomic E-state index is 0. The molecular formula is C14H21ClIN3O2. The van der Waals surface area contributed by atoms with Crippen molar-refractivity contribution in [2.75, 3.05) is 26.9 Å². The molecule has 1 heterocycles. The summed E-state index contributed by atoms with van der Waals surface area (Å²) < 4.78 is 10.9. The lowest BCUT2D eigenvalue weighted by Gasteiger charge is -2.37. The van der Waals surface area contributed by atoms with Crippen molar-refractivity contribution in [2.24, 2.45) is 16.5 Å². The average molecular weight is 426 g/mol. The number of nitrogens with two attached hydrogens (primary N) is 2. The number of methoxy groups -OCH3 is 1. The van der Waals surface area contributed by atoms with Crippen LogP contribution in [-0.2, 0) is 10.2 Å². The standard InChI is InChI=1S/C14H20ClN3O2.HI/c1-19-12-3-2-10(15)8-11(12)14(9-18-13(16)17)4-6-20-7-5-14;/h2-3,8H,4-7,9H2,1H3,(H4,16,17,18);1H. The molecule has 0 atom stereocenters. The molecule has 0 aliphatic carbocycles. The van der Waals surface area contributed by atoms with Crippen LogP contribution in [0.25, 0.3) is 0 Å². The van der Waals surface area contributed by atoms with Crippen molar-refractivity contribution in [3.63, 3.8) is 0 Å². The number of guanidine groups is 1. The lowest BCUT2D eigenvalue weighted by Crippen LogP contribution is -2.38. The maximum atomic E-state index is 6.15. The molecule has 0 aromatic heterocycles. The molecule has 1 aliphatic rings. The molecule has 0 bridgehead atoms. The van der Waals surface area contributed by atoms with Crippen LogP contribution in [0.2, 0.25) is 5.02 Å². The summed E-state index contributed by atoms with van der Waals surface area (Å²) in [6.07, 6.45) is 1.67. The first-order valence-corrected chi connectivity index (χ1v) is 6.92. The summed E-state index contributed by atoms with van der Waals surface area (Å²) in [5, 5.41) is 0.677. The summed E-state index contributed by atoms with van der Waals surface area (Å²) in [5.74, 6) is 0.902. The minimum Gasteiger partial charge on any atom is -0.496 e. The van der Waals surface area contributed by atoms with Crippen molar-refractivity contribution in [3.05, 3.63) is 28.8 Å². The zero-order valence-corrected chi connectivity index (χ0v) is 15.1. The number of rotatable bonds is 4. The van der Waals surface area contributed by atoms with Crippen molar-refractivity contribution in [2.45, 2.75) is 18.3 Å². The Kier molecular flexibility index (Phi) is 7.02. The Morgan fingerprint density at radius 1 is 1.38 bits per heavy atom. The predicted molar refractivity (Wildman–Crippen MR) is 95.8 cm³/mol. The lowest BCUT2D eigenvalue weighted by atomic mass is 9.73. The van der Waals surface area contributed by atoms with Crippen molar-refractivity contribution in [1.29, 1.82) is 0 Å². The van der Waals surface area contributed by atoms with Gasteiger partial charge in [0.05, 0.1) is 13.7 Å². The van der Waals surface area contributed by atoms with Gasteiger partial charge in [0.25, 0.3) is 0 Å². The second kappa shape index (κ2) is 8.05. The Morgan fingerprint density at radius 3 is 2.62 bits per heavy atom. The molecule has 0 unspecified atom stereocenters. The number of hydrogen-bond acceptors (Lipinski definition) is 3. The van der Waals surface area contributed by atoms with Gasteiger partial charge in [0, 0.05) is 29.2 Å². The maximum absolute atomic E-state index is 6.15. The first kappa shape index (κ1) is 18.3. The number of hydrogen-bond donors (Lipinski definition) is 2. The first-order valence-electron chi connectivity index (χ1n) is 6.54. The Balaban J connectivity index is 0.00000220. The largest absolute Gasteiger partial charge is 0.496 e. The Hall–Kier alpha value is -0.730. The van der Waals surface area contributed by atoms with Crippen LogP contribution in [0, 0.1) is 0 Å². The summed E-state index contributed by atoms with van der Waals surface area (Å²) in [6.45, 7) is 1.86. The van der Waals surface area contributed by atoms with E-state index in [-0.39, 0.29) is 35.4 Å². The highest BCUT2D eigenvalue weighted by molar-refractivity contribution is 14.0. The summed E-state index contributed by atoms with van der Waals surface area (Å²) in [6, 6.07) is 5.63. The van der Waals surface area contributed by atoms with E-state index in [1.54, 1.807) is 7.11 Å². The fourth-order valence-electron chi connectivity index (χ4n) is 2.61. The molecule has 1 fully saturated rings. The van der Waals surface area contributed by atoms with Crippen LogP contribution in [0.15, 0.2) is 23.2 Å². The molecular weight excluding hydrogens is 405 g/mol. The van der Waals surface area contributed by atoms with Crippen molar-refractivity contribution in [3.8, 4) is 5.75 Å². The second-order valence-electron chi connectivity index (χ2n) is 4.98. The predicted octanol–water partition coefficient (Wildman–Crippen LogP) is 2.29. The van der Waals surface area contributed by atoms with E-state index >= 15 is 0 Å². The van der Waals surface area contributed by atoms with Gasteiger partial charge >= 0.3 is 0 Å². The molecule has 1 saturated heterocycles. The van der Waals surface area contributed by atoms with Gasteiger partial charge in [-0.2, -0.15) is 0 Å². The molecule has 21 heavy (non-hydrogen) atoms. The summed E-state index contributed by atoms with van der Waals surface area (Å²) >= 11 is 6.15. The molecule has 1 aromatic rings. The molecule has 1 aliphatic heterocycles. The van der Waals surface area contributed by atoms with Crippen molar-refractivity contribution in [1.82, 2.24) is 0 Å². The second-order valence-corrected chi connectivity index (χ2v) is 5.41. The highest BCUT2D eigenvalue weighted by atomic mass is 127. The molecule has 0 saturated carbocycles. The Bertz CT molecular complexity index is 501. The molecule has 0 radical (unpaired) electrons. The first-order chi connectivity index (χ1) is 9.57. The lowest BCUT2D eigenvalue weighted by molar-refractivity contribution is 0.0523. The van der Waals surface area contributed by atoms with Crippen molar-refractivity contribution >= 4 is 41.5 Å². The van der Waals surface area contributed by atoms with E-state index in [1.807, 2.05) is 18.2 Å². The minimum atomic E-state index is -0.196. The summed E-state index contributed by atoms with van der Waals surface area (Å²) in [4.78, 5) is 4.22. The van der Waals surface area contributed by atoms with Crippen LogP contribution < -0.4 is 16.2 Å². The summed E-state index contributed by atoms with van der Waals surface area (Å²) in [7, 11) is 1.65. The third kappa shape index (κ3) is 4.37. The third-order valence-electron chi connectivity index (χ3n) is 3.75. The van der Waals surface area contributed by atoms with Gasteiger partial charge in [0.15, 0.2) is 5.96 Å². The quantitative estimate of drug-likeness (QED) is 0.440. The fraction of sp³-hybridized carbons (Fsp3) is 0.500. The normalized spacial score (nSPS) is 16.7. The molecule has 5 nitrogen and oxygen atoms in total. The maximum Gasteiger partial charge on any atom is 0.185 e. The van der Waals surface area contributed by atoms with Crippen LogP contribution in [0.3, 0.4) is 0 Å². The van der Waals surface area contributed by atoms with E-state index in [1.165, 1.54) is 0 Å². The highest BCUT2D eigenvalue weighted by Crippen LogP contribution is 2.41. The number of aliphatic imine (C=N–C) groups is 1. The zero-order chi connectivity index (χ0) is 14.6. The number of nitrogens with zero attached hydrogens (tertiary/aromatic N) is 1. The molecule has 0 amide bonds. The van der Waals surface area contributed by atoms with Gasteiger partial charge in [0.2, 0.25) is 0 Å². The van der Waals surface area contributed by atoms with Gasteiger partial charge in [-0.15, -0.1) is 24.0 Å². The van der Waals surface area contributed by atoms with E-state index in [4.69, 9.17) is 32.5 Å². The van der Waals surface area contributed by atoms with Crippen LogP contribution in [0.4, 0.5) is 0 Å². The number of benzene rings is 1. The Labute approximate surface area is 147 Å². The van der Waals surface area contributed by atoms with E-state index in [0.717, 1.165) is 24.2 Å². The van der Waals surface area contributed by atoms with Gasteiger partial charge in [-0.05, 0) is 31.0 Å². The molecule has 1 aromatic carbocycles. The molecule has 7 heteroatoms. The van der Waals surface area contributed by atoms with Gasteiger partial charge < -0.3 is 20.9 Å². The van der Waals surface area contributed by atoms with Crippen molar-refractivity contribution < 1.29 is 9.47 Å². The van der Waals surface area contributed by atoms with Crippen LogP contribution in [0.5, 0.6) is 5.75 Å². The smallest absolute Gasteiger partial charge is 0.185 e. The van der Waals surface area contributed by atoms with Gasteiger partial charge in [-0.1, -0.05) is 11.6 Å². The van der Waals surface area contributed by atoms with Crippen LogP contribution in [0.1, 0.15) is 18.4 Å². The average Bonchev–Trinajstić information content (AvgIpc) is 2.46. The number of ether oxygens (including phenoxy) is 2. The van der Waals surface area contributed by atoms with E-state index in [2.05, 4.69) is 4.99 Å². The molecule has 2 rings (SSSR count). The molecule has 4 N–H and O–H groups in total. The van der Waals surface area contributed by atoms with Gasteiger partial charge in [-0.25, -0.2) is 0 Å². The molecule has 118 valence electrons. The van der Waals surface area contributed by atoms with Gasteiger partial charge in [0.1, 0.15) is 5.75 Å². The zero-order valence-electron chi connectivity index (χ0n) is 12.0. The summed E-state index contributed by atoms with van der Waals surface area (Å²) in [5.41, 5.74) is 11.8. The monoisotopic (exact) mass is 425 g/mol. The Morgan fingerprint density at radius 2 is 2.05 bits per heavy atom. The highest BCUT2D eigenvalue weighted by Gasteiger charge is 2.37. The van der Waals surface area contributed by atoms with Crippen LogP contribution >= 0.6 is 35.6 Å². The topological polar surface area (TPSA) is 82.9 Å². The van der Waals surface area contributed by atoms with Crippen LogP contribution in [-0.4, -0.2) is 32.8 Å². The van der Waals surface area contributed by atoms with E-state index in [0.29, 0.717) is 24.8 Å². The van der Waals surface area contributed by atoms with E-state index < -0.39 is 0 Å². The third-order valence-corrected chi connectivity index (χ3v) is 3.98. The number of halogens is 2. The SMILES string of the molecule is COc1ccc(Cl)cc1C1(CN=C(N)N)CCOCC1.I. The van der Waals surface area contributed by atoms with Gasteiger partial charge in [-0.3, -0.25) is 4.99 Å².